The zero-order chi connectivity index (χ0) is 10.6. The Morgan fingerprint density at radius 2 is 2.21 bits per heavy atom. The highest BCUT2D eigenvalue weighted by Gasteiger charge is 2.13. The molecule has 0 heterocycles. The summed E-state index contributed by atoms with van der Waals surface area (Å²) in [6.07, 6.45) is 0. The first-order valence-corrected chi connectivity index (χ1v) is 4.19. The van der Waals surface area contributed by atoms with Gasteiger partial charge in [0.2, 0.25) is 0 Å². The zero-order valence-electron chi connectivity index (χ0n) is 8.04. The Bertz CT molecular complexity index is 336. The third kappa shape index (κ3) is 2.22. The van der Waals surface area contributed by atoms with Crippen LogP contribution in [0.2, 0.25) is 0 Å². The molecular weight excluding hydrogens is 187 g/mol. The van der Waals surface area contributed by atoms with Crippen LogP contribution in [0.1, 0.15) is 17.3 Å². The van der Waals surface area contributed by atoms with Crippen molar-refractivity contribution in [1.29, 1.82) is 0 Å². The zero-order valence-corrected chi connectivity index (χ0v) is 8.04. The molecule has 0 atom stereocenters. The monoisotopic (exact) mass is 198 g/mol. The molecule has 0 amide bonds. The van der Waals surface area contributed by atoms with Gasteiger partial charge in [-0.2, -0.15) is 0 Å². The van der Waals surface area contributed by atoms with Crippen molar-refractivity contribution >= 4 is 5.97 Å². The summed E-state index contributed by atoms with van der Waals surface area (Å²) < 4.78 is 22.4. The van der Waals surface area contributed by atoms with Crippen LogP contribution in [0, 0.1) is 5.82 Å². The van der Waals surface area contributed by atoms with Gasteiger partial charge in [-0.15, -0.1) is 0 Å². The lowest BCUT2D eigenvalue weighted by atomic mass is 10.2. The van der Waals surface area contributed by atoms with E-state index in [2.05, 4.69) is 4.74 Å². The lowest BCUT2D eigenvalue weighted by Crippen LogP contribution is -2.05. The highest BCUT2D eigenvalue weighted by atomic mass is 19.1. The van der Waals surface area contributed by atoms with Crippen LogP contribution in [0.15, 0.2) is 18.2 Å². The highest BCUT2D eigenvalue weighted by molar-refractivity contribution is 5.92. The largest absolute Gasteiger partial charge is 0.493 e. The first-order chi connectivity index (χ1) is 6.69. The molecule has 0 saturated heterocycles. The van der Waals surface area contributed by atoms with Crippen molar-refractivity contribution in [1.82, 2.24) is 0 Å². The summed E-state index contributed by atoms with van der Waals surface area (Å²) in [6, 6.07) is 3.69. The van der Waals surface area contributed by atoms with E-state index in [1.54, 1.807) is 6.92 Å². The fourth-order valence-electron chi connectivity index (χ4n) is 1.05. The van der Waals surface area contributed by atoms with Crippen molar-refractivity contribution in [2.24, 2.45) is 0 Å². The van der Waals surface area contributed by atoms with Crippen LogP contribution >= 0.6 is 0 Å². The van der Waals surface area contributed by atoms with Gasteiger partial charge in [0.1, 0.15) is 17.1 Å². The number of carbonyl (C=O) groups excluding carboxylic acids is 1. The first-order valence-electron chi connectivity index (χ1n) is 4.19. The molecule has 0 aromatic heterocycles. The van der Waals surface area contributed by atoms with Crippen LogP contribution < -0.4 is 4.74 Å². The fraction of sp³-hybridized carbons (Fsp3) is 0.300. The Kier molecular flexibility index (Phi) is 3.45. The molecule has 14 heavy (non-hydrogen) atoms. The van der Waals surface area contributed by atoms with E-state index in [1.807, 2.05) is 0 Å². The lowest BCUT2D eigenvalue weighted by Gasteiger charge is -2.07. The number of ether oxygens (including phenoxy) is 2. The van der Waals surface area contributed by atoms with Gasteiger partial charge in [0, 0.05) is 6.07 Å². The Labute approximate surface area is 81.4 Å². The van der Waals surface area contributed by atoms with Crippen molar-refractivity contribution in [2.75, 3.05) is 13.7 Å². The molecule has 0 saturated carbocycles. The van der Waals surface area contributed by atoms with Crippen LogP contribution in [0.4, 0.5) is 4.39 Å². The Balaban J connectivity index is 3.07. The van der Waals surface area contributed by atoms with E-state index in [4.69, 9.17) is 4.74 Å². The summed E-state index contributed by atoms with van der Waals surface area (Å²) >= 11 is 0. The van der Waals surface area contributed by atoms with Gasteiger partial charge < -0.3 is 9.47 Å². The molecule has 3 nitrogen and oxygen atoms in total. The third-order valence-electron chi connectivity index (χ3n) is 1.65. The van der Waals surface area contributed by atoms with Crippen molar-refractivity contribution in [2.45, 2.75) is 6.92 Å². The minimum atomic E-state index is -0.534. The number of benzene rings is 1. The molecule has 1 aromatic rings. The van der Waals surface area contributed by atoms with Gasteiger partial charge in [-0.05, 0) is 19.1 Å². The maximum absolute atomic E-state index is 12.8. The van der Waals surface area contributed by atoms with E-state index in [1.165, 1.54) is 19.2 Å². The van der Waals surface area contributed by atoms with Gasteiger partial charge in [-0.3, -0.25) is 0 Å². The summed E-state index contributed by atoms with van der Waals surface area (Å²) in [5.74, 6) is -0.770. The minimum Gasteiger partial charge on any atom is -0.493 e. The summed E-state index contributed by atoms with van der Waals surface area (Å²) in [5, 5.41) is 0. The highest BCUT2D eigenvalue weighted by Crippen LogP contribution is 2.20. The Morgan fingerprint density at radius 3 is 2.79 bits per heavy atom. The van der Waals surface area contributed by atoms with Crippen LogP contribution in [0.25, 0.3) is 0 Å². The molecule has 4 heteroatoms. The molecule has 0 bridgehead atoms. The predicted octanol–water partition coefficient (Wildman–Crippen LogP) is 2.01. The molecule has 76 valence electrons. The molecule has 0 fully saturated rings. The standard InChI is InChI=1S/C10H11FO3/c1-3-14-9-6-7(11)4-5-8(9)10(12)13-2/h4-6H,3H2,1-2H3. The van der Waals surface area contributed by atoms with Crippen LogP contribution in [-0.4, -0.2) is 19.7 Å². The second-order valence-electron chi connectivity index (χ2n) is 2.57. The van der Waals surface area contributed by atoms with Gasteiger partial charge >= 0.3 is 5.97 Å². The molecule has 0 aliphatic carbocycles. The number of esters is 1. The molecule has 1 aromatic carbocycles. The SMILES string of the molecule is CCOc1cc(F)ccc1C(=O)OC. The number of halogens is 1. The average Bonchev–Trinajstić information content (AvgIpc) is 2.17. The smallest absolute Gasteiger partial charge is 0.341 e. The maximum Gasteiger partial charge on any atom is 0.341 e. The van der Waals surface area contributed by atoms with Crippen molar-refractivity contribution in [3.8, 4) is 5.75 Å². The number of rotatable bonds is 3. The topological polar surface area (TPSA) is 35.5 Å². The molecule has 0 aliphatic heterocycles. The van der Waals surface area contributed by atoms with E-state index in [0.717, 1.165) is 6.07 Å². The normalized spacial score (nSPS) is 9.64. The second kappa shape index (κ2) is 4.60. The molecule has 0 unspecified atom stereocenters. The van der Waals surface area contributed by atoms with Crippen LogP contribution in [0.5, 0.6) is 5.75 Å². The first kappa shape index (κ1) is 10.5. The number of methoxy groups -OCH3 is 1. The number of carbonyl (C=O) groups is 1. The Morgan fingerprint density at radius 1 is 1.50 bits per heavy atom. The summed E-state index contributed by atoms with van der Waals surface area (Å²) in [5.41, 5.74) is 0.232. The van der Waals surface area contributed by atoms with E-state index in [-0.39, 0.29) is 11.3 Å². The molecule has 0 N–H and O–H groups in total. The average molecular weight is 198 g/mol. The maximum atomic E-state index is 12.8. The lowest BCUT2D eigenvalue weighted by molar-refractivity contribution is 0.0596. The quantitative estimate of drug-likeness (QED) is 0.697. The summed E-state index contributed by atoms with van der Waals surface area (Å²) in [4.78, 5) is 11.2. The number of hydrogen-bond acceptors (Lipinski definition) is 3. The fourth-order valence-corrected chi connectivity index (χ4v) is 1.05. The minimum absolute atomic E-state index is 0.208. The molecular formula is C10H11FO3. The van der Waals surface area contributed by atoms with Gasteiger partial charge in [-0.25, -0.2) is 9.18 Å². The van der Waals surface area contributed by atoms with E-state index in [0.29, 0.717) is 6.61 Å². The van der Waals surface area contributed by atoms with Crippen molar-refractivity contribution < 1.29 is 18.7 Å². The van der Waals surface area contributed by atoms with Gasteiger partial charge in [0.25, 0.3) is 0 Å². The summed E-state index contributed by atoms with van der Waals surface area (Å²) in [7, 11) is 1.27. The van der Waals surface area contributed by atoms with Crippen LogP contribution in [0.3, 0.4) is 0 Å². The molecule has 0 radical (unpaired) electrons. The second-order valence-corrected chi connectivity index (χ2v) is 2.57. The van der Waals surface area contributed by atoms with Gasteiger partial charge in [0.15, 0.2) is 0 Å². The summed E-state index contributed by atoms with van der Waals surface area (Å²) in [6.45, 7) is 2.12. The molecule has 1 rings (SSSR count). The van der Waals surface area contributed by atoms with Gasteiger partial charge in [0.05, 0.1) is 13.7 Å². The molecule has 0 aliphatic rings. The molecule has 0 spiro atoms. The van der Waals surface area contributed by atoms with E-state index in [9.17, 15) is 9.18 Å². The Hall–Kier alpha value is -1.58. The van der Waals surface area contributed by atoms with Gasteiger partial charge in [-0.1, -0.05) is 0 Å². The number of hydrogen-bond donors (Lipinski definition) is 0. The third-order valence-corrected chi connectivity index (χ3v) is 1.65. The van der Waals surface area contributed by atoms with Crippen molar-refractivity contribution in [3.63, 3.8) is 0 Å². The predicted molar refractivity (Wildman–Crippen MR) is 48.9 cm³/mol. The van der Waals surface area contributed by atoms with E-state index < -0.39 is 11.8 Å². The van der Waals surface area contributed by atoms with Crippen LogP contribution in [-0.2, 0) is 4.74 Å². The van der Waals surface area contributed by atoms with Crippen molar-refractivity contribution in [3.05, 3.63) is 29.6 Å². The van der Waals surface area contributed by atoms with E-state index >= 15 is 0 Å².